The van der Waals surface area contributed by atoms with Gasteiger partial charge in [-0.1, -0.05) is 0 Å². The lowest BCUT2D eigenvalue weighted by atomic mass is 10.1. The van der Waals surface area contributed by atoms with Crippen LogP contribution in [0.4, 0.5) is 0 Å². The van der Waals surface area contributed by atoms with E-state index in [1.165, 1.54) is 5.69 Å². The van der Waals surface area contributed by atoms with E-state index in [2.05, 4.69) is 54.5 Å². The second kappa shape index (κ2) is 4.05. The van der Waals surface area contributed by atoms with Gasteiger partial charge < -0.3 is 4.74 Å². The number of nitrogens with zero attached hydrogens (tertiary/aromatic N) is 2. The third-order valence-electron chi connectivity index (χ3n) is 2.88. The Morgan fingerprint density at radius 2 is 2.40 bits per heavy atom. The van der Waals surface area contributed by atoms with Crippen molar-refractivity contribution in [3.05, 3.63) is 15.5 Å². The zero-order valence-electron chi connectivity index (χ0n) is 9.46. The van der Waals surface area contributed by atoms with Gasteiger partial charge in [-0.2, -0.15) is 5.10 Å². The Kier molecular flexibility index (Phi) is 3.07. The van der Waals surface area contributed by atoms with Crippen LogP contribution in [0.3, 0.4) is 0 Å². The van der Waals surface area contributed by atoms with Crippen molar-refractivity contribution >= 4 is 22.6 Å². The lowest BCUT2D eigenvalue weighted by Crippen LogP contribution is -2.23. The van der Waals surface area contributed by atoms with E-state index in [1.54, 1.807) is 0 Å². The molecule has 3 nitrogen and oxygen atoms in total. The Hall–Kier alpha value is -0.100. The van der Waals surface area contributed by atoms with Crippen molar-refractivity contribution in [1.29, 1.82) is 0 Å². The molecular weight excluding hydrogens is 303 g/mol. The van der Waals surface area contributed by atoms with Crippen molar-refractivity contribution in [1.82, 2.24) is 9.78 Å². The van der Waals surface area contributed by atoms with Crippen LogP contribution in [0.5, 0.6) is 0 Å². The molecule has 0 aliphatic carbocycles. The Morgan fingerprint density at radius 1 is 1.67 bits per heavy atom. The second-order valence-corrected chi connectivity index (χ2v) is 5.93. The van der Waals surface area contributed by atoms with E-state index in [0.717, 1.165) is 23.1 Å². The zero-order valence-corrected chi connectivity index (χ0v) is 11.6. The number of aromatic nitrogens is 2. The molecule has 1 aromatic heterocycles. The van der Waals surface area contributed by atoms with E-state index in [-0.39, 0.29) is 5.60 Å². The summed E-state index contributed by atoms with van der Waals surface area (Å²) in [5, 5.41) is 4.44. The van der Waals surface area contributed by atoms with Gasteiger partial charge in [0.25, 0.3) is 0 Å². The average Bonchev–Trinajstić information content (AvgIpc) is 2.57. The fourth-order valence-corrected chi connectivity index (χ4v) is 2.76. The van der Waals surface area contributed by atoms with Crippen molar-refractivity contribution in [3.63, 3.8) is 0 Å². The van der Waals surface area contributed by atoms with Crippen LogP contribution in [-0.2, 0) is 11.3 Å². The highest BCUT2D eigenvalue weighted by molar-refractivity contribution is 14.1. The van der Waals surface area contributed by atoms with Crippen molar-refractivity contribution in [2.75, 3.05) is 0 Å². The summed E-state index contributed by atoms with van der Waals surface area (Å²) in [6, 6.07) is 2.10. The van der Waals surface area contributed by atoms with Gasteiger partial charge in [-0.3, -0.25) is 4.68 Å². The Labute approximate surface area is 104 Å². The first-order valence-corrected chi connectivity index (χ1v) is 6.42. The lowest BCUT2D eigenvalue weighted by molar-refractivity contribution is -0.0232. The second-order valence-electron chi connectivity index (χ2n) is 4.83. The summed E-state index contributed by atoms with van der Waals surface area (Å²) in [6.07, 6.45) is 2.62. The zero-order chi connectivity index (χ0) is 11.1. The molecule has 0 radical (unpaired) electrons. The van der Waals surface area contributed by atoms with Crippen LogP contribution in [-0.4, -0.2) is 21.5 Å². The standard InChI is InChI=1S/C11H17IN2O/c1-8-6-10(12)13-14(8)7-9-4-5-11(2,3)15-9/h6,9H,4-5,7H2,1-3H3. The van der Waals surface area contributed by atoms with Crippen LogP contribution < -0.4 is 0 Å². The highest BCUT2D eigenvalue weighted by Gasteiger charge is 2.31. The molecule has 0 bridgehead atoms. The number of ether oxygens (including phenoxy) is 1. The van der Waals surface area contributed by atoms with Gasteiger partial charge in [0.05, 0.1) is 18.2 Å². The Balaban J connectivity index is 2.01. The summed E-state index contributed by atoms with van der Waals surface area (Å²) in [6.45, 7) is 7.30. The summed E-state index contributed by atoms with van der Waals surface area (Å²) >= 11 is 2.25. The molecule has 15 heavy (non-hydrogen) atoms. The highest BCUT2D eigenvalue weighted by Crippen LogP contribution is 2.30. The first-order chi connectivity index (χ1) is 6.96. The van der Waals surface area contributed by atoms with Crippen LogP contribution in [0, 0.1) is 10.6 Å². The predicted molar refractivity (Wildman–Crippen MR) is 67.9 cm³/mol. The fourth-order valence-electron chi connectivity index (χ4n) is 2.05. The quantitative estimate of drug-likeness (QED) is 0.784. The topological polar surface area (TPSA) is 27.1 Å². The molecule has 0 aromatic carbocycles. The molecular formula is C11H17IN2O. The maximum absolute atomic E-state index is 5.95. The molecule has 2 rings (SSSR count). The molecule has 0 saturated carbocycles. The first-order valence-electron chi connectivity index (χ1n) is 5.34. The van der Waals surface area contributed by atoms with Gasteiger partial charge in [-0.25, -0.2) is 0 Å². The van der Waals surface area contributed by atoms with Crippen molar-refractivity contribution in [2.45, 2.75) is 51.9 Å². The van der Waals surface area contributed by atoms with Crippen LogP contribution >= 0.6 is 22.6 Å². The van der Waals surface area contributed by atoms with E-state index in [1.807, 2.05) is 4.68 Å². The van der Waals surface area contributed by atoms with E-state index >= 15 is 0 Å². The molecule has 1 aliphatic rings. The average molecular weight is 320 g/mol. The molecule has 4 heteroatoms. The molecule has 1 unspecified atom stereocenters. The molecule has 1 fully saturated rings. The number of rotatable bonds is 2. The third-order valence-corrected chi connectivity index (χ3v) is 3.41. The van der Waals surface area contributed by atoms with Crippen molar-refractivity contribution in [2.24, 2.45) is 0 Å². The summed E-state index contributed by atoms with van der Waals surface area (Å²) in [5.74, 6) is 0. The number of hydrogen-bond acceptors (Lipinski definition) is 2. The molecule has 0 spiro atoms. The van der Waals surface area contributed by atoms with E-state index in [9.17, 15) is 0 Å². The maximum Gasteiger partial charge on any atom is 0.123 e. The minimum atomic E-state index is 0.0544. The van der Waals surface area contributed by atoms with E-state index < -0.39 is 0 Å². The third kappa shape index (κ3) is 2.72. The van der Waals surface area contributed by atoms with E-state index in [0.29, 0.717) is 6.10 Å². The van der Waals surface area contributed by atoms with Crippen LogP contribution in [0.15, 0.2) is 6.07 Å². The highest BCUT2D eigenvalue weighted by atomic mass is 127. The summed E-state index contributed by atoms with van der Waals surface area (Å²) < 4.78 is 9.06. The SMILES string of the molecule is Cc1cc(I)nn1CC1CCC(C)(C)O1. The van der Waals surface area contributed by atoms with Gasteiger partial charge >= 0.3 is 0 Å². The van der Waals surface area contributed by atoms with Gasteiger partial charge in [0, 0.05) is 5.69 Å². The van der Waals surface area contributed by atoms with Crippen LogP contribution in [0.2, 0.25) is 0 Å². The summed E-state index contributed by atoms with van der Waals surface area (Å²) in [7, 11) is 0. The van der Waals surface area contributed by atoms with Gasteiger partial charge in [0.1, 0.15) is 3.70 Å². The maximum atomic E-state index is 5.95. The first kappa shape index (κ1) is 11.4. The van der Waals surface area contributed by atoms with Gasteiger partial charge in [0.2, 0.25) is 0 Å². The molecule has 0 N–H and O–H groups in total. The lowest BCUT2D eigenvalue weighted by Gasteiger charge is -2.19. The molecule has 84 valence electrons. The van der Waals surface area contributed by atoms with Crippen molar-refractivity contribution in [3.8, 4) is 0 Å². The van der Waals surface area contributed by atoms with Gasteiger partial charge in [-0.15, -0.1) is 0 Å². The largest absolute Gasteiger partial charge is 0.370 e. The van der Waals surface area contributed by atoms with Gasteiger partial charge in [0.15, 0.2) is 0 Å². The molecule has 1 atom stereocenters. The van der Waals surface area contributed by atoms with E-state index in [4.69, 9.17) is 4.74 Å². The molecule has 1 saturated heterocycles. The fraction of sp³-hybridized carbons (Fsp3) is 0.727. The summed E-state index contributed by atoms with van der Waals surface area (Å²) in [4.78, 5) is 0. The predicted octanol–water partition coefficient (Wildman–Crippen LogP) is 2.75. The molecule has 0 amide bonds. The van der Waals surface area contributed by atoms with Crippen LogP contribution in [0.1, 0.15) is 32.4 Å². The molecule has 2 heterocycles. The number of halogens is 1. The monoisotopic (exact) mass is 320 g/mol. The van der Waals surface area contributed by atoms with Crippen LogP contribution in [0.25, 0.3) is 0 Å². The summed E-state index contributed by atoms with van der Waals surface area (Å²) in [5.41, 5.74) is 1.27. The number of hydrogen-bond donors (Lipinski definition) is 0. The minimum Gasteiger partial charge on any atom is -0.370 e. The minimum absolute atomic E-state index is 0.0544. The molecule has 1 aromatic rings. The Morgan fingerprint density at radius 3 is 2.87 bits per heavy atom. The van der Waals surface area contributed by atoms with Crippen molar-refractivity contribution < 1.29 is 4.74 Å². The number of aryl methyl sites for hydroxylation is 1. The molecule has 1 aliphatic heterocycles. The smallest absolute Gasteiger partial charge is 0.123 e. The van der Waals surface area contributed by atoms with Gasteiger partial charge in [-0.05, 0) is 62.3 Å². The Bertz CT molecular complexity index is 359. The normalized spacial score (nSPS) is 24.7.